The van der Waals surface area contributed by atoms with Gasteiger partial charge in [0.1, 0.15) is 5.69 Å². The number of hydrogen-bond acceptors (Lipinski definition) is 4. The normalized spacial score (nSPS) is 17.8. The molecule has 0 saturated heterocycles. The number of benzene rings is 2. The Kier molecular flexibility index (Phi) is 3.81. The average molecular weight is 424 g/mol. The van der Waals surface area contributed by atoms with Crippen molar-refractivity contribution < 1.29 is 19.4 Å². The molecule has 0 spiro atoms. The quantitative estimate of drug-likeness (QED) is 0.485. The first-order chi connectivity index (χ1) is 14.4. The van der Waals surface area contributed by atoms with Crippen molar-refractivity contribution in [3.05, 3.63) is 53.1 Å². The van der Waals surface area contributed by atoms with Crippen molar-refractivity contribution in [1.29, 1.82) is 0 Å². The van der Waals surface area contributed by atoms with E-state index in [1.165, 1.54) is 18.7 Å². The maximum Gasteiger partial charge on any atom is 0.278 e. The summed E-state index contributed by atoms with van der Waals surface area (Å²) in [7, 11) is 4.73. The van der Waals surface area contributed by atoms with E-state index in [0.717, 1.165) is 5.52 Å². The molecule has 1 aliphatic rings. The van der Waals surface area contributed by atoms with E-state index in [1.807, 2.05) is 23.7 Å². The Hall–Kier alpha value is -3.29. The topological polar surface area (TPSA) is 85.5 Å². The van der Waals surface area contributed by atoms with Gasteiger partial charge in [-0.15, -0.1) is 0 Å². The fourth-order valence-electron chi connectivity index (χ4n) is 4.56. The highest BCUT2D eigenvalue weighted by Crippen LogP contribution is 2.51. The first-order valence-electron chi connectivity index (χ1n) is 9.31. The molecule has 0 aliphatic carbocycles. The number of para-hydroxylation sites is 1. The first-order valence-corrected chi connectivity index (χ1v) is 9.69. The lowest BCUT2D eigenvalue weighted by Crippen LogP contribution is -2.53. The third-order valence-electron chi connectivity index (χ3n) is 5.85. The van der Waals surface area contributed by atoms with Gasteiger partial charge in [0.2, 0.25) is 0 Å². The Labute approximate surface area is 176 Å². The van der Waals surface area contributed by atoms with Crippen LogP contribution in [0.1, 0.15) is 10.4 Å². The summed E-state index contributed by atoms with van der Waals surface area (Å²) in [5.41, 5.74) is 0.0353. The van der Waals surface area contributed by atoms with Gasteiger partial charge in [0.25, 0.3) is 17.4 Å². The van der Waals surface area contributed by atoms with Crippen LogP contribution in [0.15, 0.2) is 42.5 Å². The lowest BCUT2D eigenvalue weighted by Gasteiger charge is -2.31. The number of aliphatic hydroxyl groups is 1. The maximum atomic E-state index is 13.7. The average Bonchev–Trinajstić information content (AvgIpc) is 3.23. The highest BCUT2D eigenvalue weighted by atomic mass is 35.5. The van der Waals surface area contributed by atoms with Crippen LogP contribution in [0.4, 0.5) is 0 Å². The predicted molar refractivity (Wildman–Crippen MR) is 114 cm³/mol. The van der Waals surface area contributed by atoms with Crippen molar-refractivity contribution in [2.45, 2.75) is 5.60 Å². The lowest BCUT2D eigenvalue weighted by atomic mass is 9.85. The molecule has 7 nitrogen and oxygen atoms in total. The number of hydrogen-bond donors (Lipinski definition) is 2. The van der Waals surface area contributed by atoms with Crippen LogP contribution in [-0.2, 0) is 17.4 Å². The number of fused-ring (bicyclic) bond motifs is 7. The summed E-state index contributed by atoms with van der Waals surface area (Å²) < 4.78 is 8.92. The Morgan fingerprint density at radius 3 is 2.57 bits per heavy atom. The molecule has 2 N–H and O–H groups in total. The van der Waals surface area contributed by atoms with Gasteiger partial charge in [-0.25, -0.2) is 0 Å². The molecule has 1 aliphatic heterocycles. The van der Waals surface area contributed by atoms with Crippen LogP contribution >= 0.6 is 11.6 Å². The van der Waals surface area contributed by atoms with E-state index in [1.54, 1.807) is 30.3 Å². The first kappa shape index (κ1) is 18.7. The second kappa shape index (κ2) is 6.10. The van der Waals surface area contributed by atoms with E-state index in [-0.39, 0.29) is 5.56 Å². The van der Waals surface area contributed by atoms with E-state index in [4.69, 9.17) is 16.3 Å². The fraction of sp³-hybridized carbons (Fsp3) is 0.182. The number of aromatic nitrogens is 2. The molecule has 8 heteroatoms. The minimum absolute atomic E-state index is 0.195. The zero-order valence-electron chi connectivity index (χ0n) is 16.5. The van der Waals surface area contributed by atoms with Crippen molar-refractivity contribution in [3.8, 4) is 17.1 Å². The van der Waals surface area contributed by atoms with Crippen LogP contribution < -0.4 is 10.1 Å². The van der Waals surface area contributed by atoms with E-state index >= 15 is 0 Å². The van der Waals surface area contributed by atoms with Gasteiger partial charge in [-0.05, 0) is 30.3 Å². The van der Waals surface area contributed by atoms with E-state index < -0.39 is 17.4 Å². The number of aryl methyl sites for hydroxylation is 1. The standard InChI is InChI=1S/C22H18ClN3O4/c1-24-20(27)22(29)16-13-10-11(23)8-9-14(13)25(2)17(16)18-19(30-3)12-6-4-5-7-15(12)26(18)21(22)28/h4-10,29H,1-3H3,(H,24,27)/t22-/m1/s1. The molecular weight excluding hydrogens is 406 g/mol. The highest BCUT2D eigenvalue weighted by Gasteiger charge is 2.55. The second-order valence-corrected chi connectivity index (χ2v) is 7.71. The summed E-state index contributed by atoms with van der Waals surface area (Å²) in [5, 5.41) is 15.8. The fourth-order valence-corrected chi connectivity index (χ4v) is 4.73. The molecule has 152 valence electrons. The van der Waals surface area contributed by atoms with E-state index in [9.17, 15) is 14.7 Å². The summed E-state index contributed by atoms with van der Waals surface area (Å²) in [6, 6.07) is 12.4. The zero-order valence-corrected chi connectivity index (χ0v) is 17.2. The smallest absolute Gasteiger partial charge is 0.278 e. The van der Waals surface area contributed by atoms with Crippen LogP contribution in [0.3, 0.4) is 0 Å². The van der Waals surface area contributed by atoms with Crippen LogP contribution in [0.2, 0.25) is 5.02 Å². The molecule has 0 unspecified atom stereocenters. The zero-order chi connectivity index (χ0) is 21.4. The Balaban J connectivity index is 2.08. The molecule has 0 fully saturated rings. The molecule has 30 heavy (non-hydrogen) atoms. The van der Waals surface area contributed by atoms with Gasteiger partial charge in [0, 0.05) is 41.0 Å². The lowest BCUT2D eigenvalue weighted by molar-refractivity contribution is -0.135. The summed E-state index contributed by atoms with van der Waals surface area (Å²) >= 11 is 6.23. The van der Waals surface area contributed by atoms with Crippen LogP contribution in [-0.4, -0.2) is 40.2 Å². The van der Waals surface area contributed by atoms with Crippen molar-refractivity contribution in [2.75, 3.05) is 14.2 Å². The number of ether oxygens (including phenoxy) is 1. The van der Waals surface area contributed by atoms with Crippen molar-refractivity contribution in [3.63, 3.8) is 0 Å². The maximum absolute atomic E-state index is 13.7. The van der Waals surface area contributed by atoms with E-state index in [2.05, 4.69) is 5.32 Å². The number of nitrogens with zero attached hydrogens (tertiary/aromatic N) is 2. The van der Waals surface area contributed by atoms with Crippen molar-refractivity contribution in [2.24, 2.45) is 7.05 Å². The van der Waals surface area contributed by atoms with Crippen LogP contribution in [0.25, 0.3) is 33.2 Å². The molecule has 0 saturated carbocycles. The summed E-state index contributed by atoms with van der Waals surface area (Å²) in [6.07, 6.45) is 0. The minimum Gasteiger partial charge on any atom is -0.494 e. The molecule has 1 amide bonds. The van der Waals surface area contributed by atoms with Crippen LogP contribution in [0.5, 0.6) is 5.75 Å². The van der Waals surface area contributed by atoms with Gasteiger partial charge < -0.3 is 19.7 Å². The van der Waals surface area contributed by atoms with Gasteiger partial charge in [-0.2, -0.15) is 0 Å². The number of carbonyl (C=O) groups is 2. The van der Waals surface area contributed by atoms with Gasteiger partial charge in [0.05, 0.1) is 18.3 Å². The largest absolute Gasteiger partial charge is 0.494 e. The number of likely N-dealkylation sites (N-methyl/N-ethyl adjacent to an activating group) is 1. The minimum atomic E-state index is -2.44. The second-order valence-electron chi connectivity index (χ2n) is 7.27. The van der Waals surface area contributed by atoms with Crippen molar-refractivity contribution >= 4 is 45.2 Å². The summed E-state index contributed by atoms with van der Waals surface area (Å²) in [4.78, 5) is 26.7. The van der Waals surface area contributed by atoms with Crippen LogP contribution in [0, 0.1) is 0 Å². The molecule has 3 heterocycles. The number of methoxy groups -OCH3 is 1. The molecule has 5 rings (SSSR count). The number of amides is 1. The Morgan fingerprint density at radius 2 is 1.87 bits per heavy atom. The number of nitrogens with one attached hydrogen (secondary N) is 1. The number of carbonyl (C=O) groups excluding carboxylic acids is 2. The summed E-state index contributed by atoms with van der Waals surface area (Å²) in [5.74, 6) is -1.09. The molecule has 0 radical (unpaired) electrons. The number of halogens is 1. The Bertz CT molecular complexity index is 1400. The third-order valence-corrected chi connectivity index (χ3v) is 6.08. The highest BCUT2D eigenvalue weighted by molar-refractivity contribution is 6.31. The molecule has 1 atom stereocenters. The molecule has 2 aromatic heterocycles. The number of rotatable bonds is 2. The van der Waals surface area contributed by atoms with Gasteiger partial charge in [-0.3, -0.25) is 14.2 Å². The van der Waals surface area contributed by atoms with E-state index in [0.29, 0.717) is 38.4 Å². The molecule has 2 aromatic carbocycles. The SMILES string of the molecule is CNC(=O)[C@@]1(O)C(=O)n2c(c(OC)c3ccccc32)-c2c1c1cc(Cl)ccc1n2C. The molecule has 0 bridgehead atoms. The summed E-state index contributed by atoms with van der Waals surface area (Å²) in [6.45, 7) is 0. The Morgan fingerprint density at radius 1 is 1.13 bits per heavy atom. The molecular formula is C22H18ClN3O4. The van der Waals surface area contributed by atoms with Gasteiger partial charge in [0.15, 0.2) is 5.75 Å². The monoisotopic (exact) mass is 423 g/mol. The predicted octanol–water partition coefficient (Wildman–Crippen LogP) is 3.05. The van der Waals surface area contributed by atoms with Gasteiger partial charge in [-0.1, -0.05) is 23.7 Å². The third kappa shape index (κ3) is 2.03. The molecule has 4 aromatic rings. The van der Waals surface area contributed by atoms with Crippen molar-refractivity contribution in [1.82, 2.24) is 14.5 Å². The van der Waals surface area contributed by atoms with Gasteiger partial charge >= 0.3 is 0 Å².